The third-order valence-corrected chi connectivity index (χ3v) is 6.23. The van der Waals surface area contributed by atoms with E-state index in [1.807, 2.05) is 30.3 Å². The molecule has 0 unspecified atom stereocenters. The topological polar surface area (TPSA) is 80.5 Å². The molecule has 0 radical (unpaired) electrons. The number of primary amides is 1. The first-order valence-corrected chi connectivity index (χ1v) is 10.4. The van der Waals surface area contributed by atoms with Crippen molar-refractivity contribution in [3.63, 3.8) is 0 Å². The molecule has 3 aromatic rings. The van der Waals surface area contributed by atoms with E-state index in [-0.39, 0.29) is 18.0 Å². The lowest BCUT2D eigenvalue weighted by Gasteiger charge is -2.23. The molecular formula is C21H19ClN2O3S. The summed E-state index contributed by atoms with van der Waals surface area (Å²) in [6.45, 7) is 0.265. The van der Waals surface area contributed by atoms with E-state index < -0.39 is 15.9 Å². The van der Waals surface area contributed by atoms with Crippen molar-refractivity contribution in [3.8, 4) is 0 Å². The minimum atomic E-state index is -3.82. The number of amides is 1. The normalized spacial score (nSPS) is 11.5. The van der Waals surface area contributed by atoms with Crippen LogP contribution in [0, 0.1) is 0 Å². The maximum Gasteiger partial charge on any atom is 0.248 e. The first kappa shape index (κ1) is 20.1. The Morgan fingerprint density at radius 3 is 2.18 bits per heavy atom. The van der Waals surface area contributed by atoms with Gasteiger partial charge in [-0.25, -0.2) is 8.42 Å². The molecule has 0 aliphatic rings. The average Bonchev–Trinajstić information content (AvgIpc) is 2.68. The molecule has 3 aromatic carbocycles. The van der Waals surface area contributed by atoms with Gasteiger partial charge in [0.2, 0.25) is 15.9 Å². The van der Waals surface area contributed by atoms with Crippen LogP contribution in [0.25, 0.3) is 0 Å². The summed E-state index contributed by atoms with van der Waals surface area (Å²) >= 11 is 6.00. The lowest BCUT2D eigenvalue weighted by molar-refractivity contribution is 0.1000. The fraction of sp³-hybridized carbons (Fsp3) is 0.0952. The Hall–Kier alpha value is -2.67. The number of nitrogens with zero attached hydrogens (tertiary/aromatic N) is 1. The molecule has 0 heterocycles. The lowest BCUT2D eigenvalue weighted by Crippen LogP contribution is -2.30. The van der Waals surface area contributed by atoms with Crippen LogP contribution in [0.3, 0.4) is 0 Å². The van der Waals surface area contributed by atoms with Crippen molar-refractivity contribution in [1.82, 2.24) is 4.31 Å². The molecule has 0 fully saturated rings. The van der Waals surface area contributed by atoms with Crippen LogP contribution in [-0.2, 0) is 23.1 Å². The lowest BCUT2D eigenvalue weighted by atomic mass is 10.1. The zero-order valence-corrected chi connectivity index (χ0v) is 16.5. The second kappa shape index (κ2) is 8.56. The zero-order chi connectivity index (χ0) is 20.1. The quantitative estimate of drug-likeness (QED) is 0.638. The van der Waals surface area contributed by atoms with Gasteiger partial charge in [-0.15, -0.1) is 0 Å². The number of carbonyl (C=O) groups excluding carboxylic acids is 1. The third kappa shape index (κ3) is 4.78. The van der Waals surface area contributed by atoms with Crippen LogP contribution in [0.2, 0.25) is 5.02 Å². The molecule has 0 aliphatic carbocycles. The van der Waals surface area contributed by atoms with Crippen molar-refractivity contribution in [1.29, 1.82) is 0 Å². The average molecular weight is 415 g/mol. The highest BCUT2D eigenvalue weighted by Crippen LogP contribution is 2.23. The number of hydrogen-bond donors (Lipinski definition) is 1. The Morgan fingerprint density at radius 2 is 1.50 bits per heavy atom. The smallest absolute Gasteiger partial charge is 0.248 e. The molecule has 0 aliphatic heterocycles. The molecule has 2 N–H and O–H groups in total. The molecular weight excluding hydrogens is 396 g/mol. The molecule has 0 bridgehead atoms. The number of nitrogens with two attached hydrogens (primary N) is 1. The highest BCUT2D eigenvalue weighted by atomic mass is 35.5. The molecule has 144 valence electrons. The molecule has 5 nitrogen and oxygen atoms in total. The van der Waals surface area contributed by atoms with Crippen molar-refractivity contribution in [2.45, 2.75) is 18.0 Å². The van der Waals surface area contributed by atoms with Gasteiger partial charge in [-0.3, -0.25) is 4.79 Å². The fourth-order valence-corrected chi connectivity index (χ4v) is 4.53. The Morgan fingerprint density at radius 1 is 0.857 bits per heavy atom. The second-order valence-electron chi connectivity index (χ2n) is 6.28. The van der Waals surface area contributed by atoms with Gasteiger partial charge < -0.3 is 5.73 Å². The maximum atomic E-state index is 13.3. The Kier molecular flexibility index (Phi) is 6.14. The van der Waals surface area contributed by atoms with Gasteiger partial charge in [0, 0.05) is 23.7 Å². The predicted molar refractivity (Wildman–Crippen MR) is 109 cm³/mol. The molecule has 7 heteroatoms. The minimum absolute atomic E-state index is 0.0882. The highest BCUT2D eigenvalue weighted by molar-refractivity contribution is 7.89. The van der Waals surface area contributed by atoms with E-state index in [2.05, 4.69) is 0 Å². The van der Waals surface area contributed by atoms with E-state index >= 15 is 0 Å². The van der Waals surface area contributed by atoms with E-state index in [1.165, 1.54) is 16.4 Å². The van der Waals surface area contributed by atoms with Gasteiger partial charge >= 0.3 is 0 Å². The number of benzene rings is 3. The summed E-state index contributed by atoms with van der Waals surface area (Å²) in [6, 6.07) is 22.1. The number of carbonyl (C=O) groups is 1. The van der Waals surface area contributed by atoms with Gasteiger partial charge in [-0.2, -0.15) is 4.31 Å². The fourth-order valence-electron chi connectivity index (χ4n) is 2.82. The van der Waals surface area contributed by atoms with Gasteiger partial charge in [0.25, 0.3) is 0 Å². The summed E-state index contributed by atoms with van der Waals surface area (Å²) in [7, 11) is -3.82. The molecule has 0 saturated carbocycles. The predicted octanol–water partition coefficient (Wildman–Crippen LogP) is 3.83. The molecule has 0 saturated heterocycles. The van der Waals surface area contributed by atoms with E-state index in [9.17, 15) is 13.2 Å². The summed E-state index contributed by atoms with van der Waals surface area (Å²) in [5, 5.41) is 0.344. The van der Waals surface area contributed by atoms with Crippen molar-refractivity contribution in [2.24, 2.45) is 5.73 Å². The molecule has 0 aromatic heterocycles. The highest BCUT2D eigenvalue weighted by Gasteiger charge is 2.25. The van der Waals surface area contributed by atoms with Gasteiger partial charge in [-0.05, 0) is 41.5 Å². The molecule has 28 heavy (non-hydrogen) atoms. The van der Waals surface area contributed by atoms with Crippen LogP contribution in [0.4, 0.5) is 0 Å². The first-order valence-electron chi connectivity index (χ1n) is 8.54. The first-order chi connectivity index (χ1) is 13.4. The Labute approximate surface area is 169 Å². The van der Waals surface area contributed by atoms with Crippen molar-refractivity contribution < 1.29 is 13.2 Å². The summed E-state index contributed by atoms with van der Waals surface area (Å²) < 4.78 is 27.9. The van der Waals surface area contributed by atoms with Crippen molar-refractivity contribution in [3.05, 3.63) is 101 Å². The summed E-state index contributed by atoms with van der Waals surface area (Å²) in [5.74, 6) is -0.561. The minimum Gasteiger partial charge on any atom is -0.366 e. The number of sulfonamides is 1. The maximum absolute atomic E-state index is 13.3. The van der Waals surface area contributed by atoms with Crippen LogP contribution in [0.1, 0.15) is 21.5 Å². The van der Waals surface area contributed by atoms with E-state index in [1.54, 1.807) is 36.4 Å². The Bertz CT molecular complexity index is 1090. The van der Waals surface area contributed by atoms with Gasteiger partial charge in [0.15, 0.2) is 0 Å². The van der Waals surface area contributed by atoms with Crippen molar-refractivity contribution >= 4 is 27.5 Å². The van der Waals surface area contributed by atoms with E-state index in [0.29, 0.717) is 16.1 Å². The standard InChI is InChI=1S/C21H19ClN2O3S/c22-19-10-5-11-20(13-19)28(26,27)24(14-16-6-2-1-3-7-16)15-17-8-4-9-18(12-17)21(23)25/h1-13H,14-15H2,(H2,23,25). The molecule has 0 spiro atoms. The number of rotatable bonds is 7. The summed E-state index contributed by atoms with van der Waals surface area (Å²) in [6.07, 6.45) is 0. The van der Waals surface area contributed by atoms with Gasteiger partial charge in [-0.1, -0.05) is 60.1 Å². The number of halogens is 1. The molecule has 0 atom stereocenters. The van der Waals surface area contributed by atoms with Crippen LogP contribution in [0.15, 0.2) is 83.8 Å². The van der Waals surface area contributed by atoms with Gasteiger partial charge in [0.1, 0.15) is 0 Å². The SMILES string of the molecule is NC(=O)c1cccc(CN(Cc2ccccc2)S(=O)(=O)c2cccc(Cl)c2)c1. The third-order valence-electron chi connectivity index (χ3n) is 4.21. The molecule has 1 amide bonds. The van der Waals surface area contributed by atoms with E-state index in [0.717, 1.165) is 5.56 Å². The van der Waals surface area contributed by atoms with Crippen LogP contribution in [-0.4, -0.2) is 18.6 Å². The van der Waals surface area contributed by atoms with Crippen molar-refractivity contribution in [2.75, 3.05) is 0 Å². The van der Waals surface area contributed by atoms with Crippen LogP contribution >= 0.6 is 11.6 Å². The summed E-state index contributed by atoms with van der Waals surface area (Å²) in [5.41, 5.74) is 7.19. The Balaban J connectivity index is 2.00. The zero-order valence-electron chi connectivity index (χ0n) is 15.0. The second-order valence-corrected chi connectivity index (χ2v) is 8.66. The monoisotopic (exact) mass is 414 g/mol. The largest absolute Gasteiger partial charge is 0.366 e. The van der Waals surface area contributed by atoms with E-state index in [4.69, 9.17) is 17.3 Å². The number of hydrogen-bond acceptors (Lipinski definition) is 3. The van der Waals surface area contributed by atoms with Crippen LogP contribution in [0.5, 0.6) is 0 Å². The summed E-state index contributed by atoms with van der Waals surface area (Å²) in [4.78, 5) is 11.6. The van der Waals surface area contributed by atoms with Gasteiger partial charge in [0.05, 0.1) is 4.90 Å². The van der Waals surface area contributed by atoms with Crippen LogP contribution < -0.4 is 5.73 Å². The molecule has 3 rings (SSSR count).